The summed E-state index contributed by atoms with van der Waals surface area (Å²) in [6.45, 7) is 0.566. The highest BCUT2D eigenvalue weighted by Gasteiger charge is 2.21. The molecule has 0 fully saturated rings. The van der Waals surface area contributed by atoms with E-state index in [2.05, 4.69) is 0 Å². The molecule has 5 heteroatoms. The van der Waals surface area contributed by atoms with Gasteiger partial charge in [0.1, 0.15) is 4.34 Å². The lowest BCUT2D eigenvalue weighted by Crippen LogP contribution is -2.02. The van der Waals surface area contributed by atoms with E-state index in [0.717, 1.165) is 6.42 Å². The molecule has 0 bridgehead atoms. The maximum Gasteiger partial charge on any atom is 0.229 e. The summed E-state index contributed by atoms with van der Waals surface area (Å²) in [5.74, 6) is 0.192. The third-order valence-corrected chi connectivity index (χ3v) is 3.32. The normalized spacial score (nSPS) is 15.1. The number of halogens is 2. The molecule has 0 aromatic carbocycles. The van der Waals surface area contributed by atoms with E-state index >= 15 is 0 Å². The van der Waals surface area contributed by atoms with Gasteiger partial charge in [0.25, 0.3) is 0 Å². The molecule has 0 unspecified atom stereocenters. The number of Topliss-reactive ketones (excluding diaryl/α,β-unsaturated/α-hetero) is 1. The molecule has 0 saturated heterocycles. The van der Waals surface area contributed by atoms with Crippen molar-refractivity contribution in [1.82, 2.24) is 0 Å². The van der Waals surface area contributed by atoms with Crippen molar-refractivity contribution in [3.63, 3.8) is 0 Å². The Morgan fingerprint density at radius 1 is 1.50 bits per heavy atom. The average molecular weight is 249 g/mol. The van der Waals surface area contributed by atoms with Crippen LogP contribution in [0.1, 0.15) is 16.8 Å². The van der Waals surface area contributed by atoms with Gasteiger partial charge in [-0.1, -0.05) is 23.2 Å². The van der Waals surface area contributed by atoms with Crippen LogP contribution in [0.5, 0.6) is 0 Å². The number of ketones is 1. The van der Waals surface area contributed by atoms with Gasteiger partial charge < -0.3 is 4.74 Å². The summed E-state index contributed by atoms with van der Waals surface area (Å²) < 4.78 is 6.07. The Bertz CT molecular complexity index is 409. The fourth-order valence-electron chi connectivity index (χ4n) is 1.20. The highest BCUT2D eigenvalue weighted by atomic mass is 35.5. The molecule has 2 heterocycles. The van der Waals surface area contributed by atoms with Crippen molar-refractivity contribution in [2.24, 2.45) is 0 Å². The van der Waals surface area contributed by atoms with Gasteiger partial charge in [0.05, 0.1) is 16.5 Å². The van der Waals surface area contributed by atoms with Crippen LogP contribution in [-0.4, -0.2) is 12.4 Å². The Morgan fingerprint density at radius 2 is 2.29 bits per heavy atom. The van der Waals surface area contributed by atoms with Gasteiger partial charge in [0, 0.05) is 6.42 Å². The van der Waals surface area contributed by atoms with Gasteiger partial charge >= 0.3 is 0 Å². The maximum atomic E-state index is 11.8. The quantitative estimate of drug-likeness (QED) is 0.749. The third kappa shape index (κ3) is 1.80. The van der Waals surface area contributed by atoms with Crippen molar-refractivity contribution in [3.8, 4) is 0 Å². The van der Waals surface area contributed by atoms with E-state index in [1.165, 1.54) is 11.3 Å². The molecule has 2 nitrogen and oxygen atoms in total. The van der Waals surface area contributed by atoms with Crippen LogP contribution in [0, 0.1) is 0 Å². The maximum absolute atomic E-state index is 11.8. The van der Waals surface area contributed by atoms with Gasteiger partial charge in [-0.15, -0.1) is 11.3 Å². The molecule has 14 heavy (non-hydrogen) atoms. The molecule has 0 aliphatic carbocycles. The molecular formula is C9H6Cl2O2S. The number of thiophene rings is 1. The predicted octanol–water partition coefficient (Wildman–Crippen LogP) is 3.54. The summed E-state index contributed by atoms with van der Waals surface area (Å²) in [5, 5.41) is 0. The van der Waals surface area contributed by atoms with Gasteiger partial charge in [-0.3, -0.25) is 4.79 Å². The molecule has 1 aliphatic heterocycles. The first kappa shape index (κ1) is 10.0. The van der Waals surface area contributed by atoms with Crippen molar-refractivity contribution < 1.29 is 9.53 Å². The lowest BCUT2D eigenvalue weighted by molar-refractivity contribution is 0.0943. The summed E-state index contributed by atoms with van der Waals surface area (Å²) in [4.78, 5) is 11.8. The fraction of sp³-hybridized carbons (Fsp3) is 0.222. The molecule has 0 spiro atoms. The number of ether oxygens (including phenoxy) is 1. The van der Waals surface area contributed by atoms with Gasteiger partial charge in [-0.05, 0) is 12.1 Å². The summed E-state index contributed by atoms with van der Waals surface area (Å²) in [5.41, 5.74) is 0.426. The van der Waals surface area contributed by atoms with Crippen LogP contribution in [0.3, 0.4) is 0 Å². The van der Waals surface area contributed by atoms with Gasteiger partial charge in [-0.25, -0.2) is 0 Å². The minimum absolute atomic E-state index is 0.185. The van der Waals surface area contributed by atoms with Crippen LogP contribution in [0.15, 0.2) is 17.9 Å². The van der Waals surface area contributed by atoms with E-state index in [1.54, 1.807) is 12.1 Å². The second kappa shape index (κ2) is 3.93. The molecule has 74 valence electrons. The number of hydrogen-bond donors (Lipinski definition) is 0. The number of carbonyl (C=O) groups is 1. The van der Waals surface area contributed by atoms with Crippen LogP contribution in [0.4, 0.5) is 0 Å². The fourth-order valence-corrected chi connectivity index (χ4v) is 2.66. The van der Waals surface area contributed by atoms with Crippen molar-refractivity contribution in [2.75, 3.05) is 6.61 Å². The van der Waals surface area contributed by atoms with E-state index in [1.807, 2.05) is 0 Å². The van der Waals surface area contributed by atoms with Crippen LogP contribution in [0.25, 0.3) is 0 Å². The smallest absolute Gasteiger partial charge is 0.229 e. The zero-order chi connectivity index (χ0) is 10.1. The van der Waals surface area contributed by atoms with E-state index in [0.29, 0.717) is 26.6 Å². The summed E-state index contributed by atoms with van der Waals surface area (Å²) in [7, 11) is 0. The monoisotopic (exact) mass is 248 g/mol. The van der Waals surface area contributed by atoms with E-state index in [9.17, 15) is 4.79 Å². The first-order valence-corrected chi connectivity index (χ1v) is 5.58. The third-order valence-electron chi connectivity index (χ3n) is 1.83. The van der Waals surface area contributed by atoms with Crippen LogP contribution < -0.4 is 0 Å². The lowest BCUT2D eigenvalue weighted by Gasteiger charge is -2.00. The van der Waals surface area contributed by atoms with E-state index in [4.69, 9.17) is 27.9 Å². The molecule has 0 N–H and O–H groups in total. The second-order valence-electron chi connectivity index (χ2n) is 2.77. The molecule has 1 aromatic heterocycles. The van der Waals surface area contributed by atoms with Crippen molar-refractivity contribution in [2.45, 2.75) is 6.42 Å². The Morgan fingerprint density at radius 3 is 2.79 bits per heavy atom. The summed E-state index contributed by atoms with van der Waals surface area (Å²) in [6.07, 6.45) is 2.54. The lowest BCUT2D eigenvalue weighted by atomic mass is 10.2. The van der Waals surface area contributed by atoms with Crippen molar-refractivity contribution in [3.05, 3.63) is 32.1 Å². The standard InChI is InChI=1S/C9H6Cl2O2S/c10-7-4-5(9(11)14-7)8(12)6-2-1-3-13-6/h2,4H,1,3H2. The first-order valence-electron chi connectivity index (χ1n) is 4.01. The van der Waals surface area contributed by atoms with Gasteiger partial charge in [0.15, 0.2) is 5.76 Å². The summed E-state index contributed by atoms with van der Waals surface area (Å²) in [6, 6.07) is 1.57. The SMILES string of the molecule is O=C(C1=CCCO1)c1cc(Cl)sc1Cl. The molecule has 0 saturated carbocycles. The Labute approximate surface area is 95.1 Å². The Kier molecular flexibility index (Phi) is 2.81. The van der Waals surface area contributed by atoms with E-state index < -0.39 is 0 Å². The Hall–Kier alpha value is -0.510. The number of allylic oxidation sites excluding steroid dienone is 1. The van der Waals surface area contributed by atoms with Gasteiger partial charge in [-0.2, -0.15) is 0 Å². The highest BCUT2D eigenvalue weighted by molar-refractivity contribution is 7.20. The molecule has 0 atom stereocenters. The largest absolute Gasteiger partial charge is 0.489 e. The zero-order valence-corrected chi connectivity index (χ0v) is 9.38. The molecule has 0 amide bonds. The van der Waals surface area contributed by atoms with Crippen LogP contribution >= 0.6 is 34.5 Å². The predicted molar refractivity (Wildman–Crippen MR) is 57.3 cm³/mol. The zero-order valence-electron chi connectivity index (χ0n) is 7.05. The van der Waals surface area contributed by atoms with Crippen molar-refractivity contribution in [1.29, 1.82) is 0 Å². The number of carbonyl (C=O) groups excluding carboxylic acids is 1. The first-order chi connectivity index (χ1) is 6.68. The summed E-state index contributed by atoms with van der Waals surface area (Å²) >= 11 is 12.8. The molecular weight excluding hydrogens is 243 g/mol. The molecule has 0 radical (unpaired) electrons. The molecule has 1 aromatic rings. The number of hydrogen-bond acceptors (Lipinski definition) is 3. The minimum Gasteiger partial charge on any atom is -0.489 e. The minimum atomic E-state index is -0.185. The van der Waals surface area contributed by atoms with Crippen LogP contribution in [-0.2, 0) is 4.74 Å². The van der Waals surface area contributed by atoms with Gasteiger partial charge in [0.2, 0.25) is 5.78 Å². The average Bonchev–Trinajstić information content (AvgIpc) is 2.73. The van der Waals surface area contributed by atoms with Crippen molar-refractivity contribution >= 4 is 40.3 Å². The molecule has 2 rings (SSSR count). The number of rotatable bonds is 2. The topological polar surface area (TPSA) is 26.3 Å². The molecule has 1 aliphatic rings. The van der Waals surface area contributed by atoms with Crippen LogP contribution in [0.2, 0.25) is 8.67 Å². The van der Waals surface area contributed by atoms with E-state index in [-0.39, 0.29) is 5.78 Å². The Balaban J connectivity index is 2.30. The highest BCUT2D eigenvalue weighted by Crippen LogP contribution is 2.33. The second-order valence-corrected chi connectivity index (χ2v) is 5.06.